The summed E-state index contributed by atoms with van der Waals surface area (Å²) in [5.74, 6) is 2.66. The van der Waals surface area contributed by atoms with Gasteiger partial charge in [-0.15, -0.1) is 0 Å². The second kappa shape index (κ2) is 13.4. The first-order valence-corrected chi connectivity index (χ1v) is 18.8. The Hall–Kier alpha value is -5.01. The number of benzene rings is 2. The molecular weight excluding hydrogens is 685 g/mol. The molecule has 0 saturated carbocycles. The Balaban J connectivity index is 1.13. The zero-order chi connectivity index (χ0) is 38.1. The standard InChI is InChI=1S/C41H48BN5O7/c1-23(2)35(45-39(49)50-8)37(48)46-18-10-9-11-31(46)36-43-22-29(44-36)25-13-15-28-32-20-26-19-27(42-53-40(4,5)41(6,7)54-42)14-16-30(26)47(32)38(52-34(28)21-25)33-17-12-24(3)51-33/h12-17,19-23,31,35,38H,9-11,18H2,1-8H3,(H,43,44)(H,45,49)/t31-,35-,38?/m0/s1. The minimum absolute atomic E-state index is 0.119. The number of furan rings is 1. The number of aromatic nitrogens is 3. The van der Waals surface area contributed by atoms with Crippen molar-refractivity contribution in [2.24, 2.45) is 5.92 Å². The van der Waals surface area contributed by atoms with Crippen molar-refractivity contribution < 1.29 is 32.8 Å². The van der Waals surface area contributed by atoms with Crippen molar-refractivity contribution in [2.45, 2.75) is 97.2 Å². The lowest BCUT2D eigenvalue weighted by atomic mass is 9.78. The van der Waals surface area contributed by atoms with Gasteiger partial charge in [0, 0.05) is 23.1 Å². The number of piperidine rings is 1. The zero-order valence-corrected chi connectivity index (χ0v) is 32.2. The number of ether oxygens (including phenoxy) is 2. The normalized spacial score (nSPS) is 20.8. The number of likely N-dealkylation sites (tertiary alicyclic amines) is 1. The molecular formula is C41H48BN5O7. The van der Waals surface area contributed by atoms with Gasteiger partial charge in [-0.1, -0.05) is 32.0 Å². The largest absolute Gasteiger partial charge is 0.494 e. The molecule has 282 valence electrons. The summed E-state index contributed by atoms with van der Waals surface area (Å²) < 4.78 is 32.8. The van der Waals surface area contributed by atoms with Gasteiger partial charge in [0.1, 0.15) is 23.4 Å². The Kier molecular flexibility index (Phi) is 8.92. The fraction of sp³-hybridized carbons (Fsp3) is 0.439. The molecule has 8 rings (SSSR count). The summed E-state index contributed by atoms with van der Waals surface area (Å²) in [6.07, 6.45) is 3.26. The molecule has 0 bridgehead atoms. The predicted molar refractivity (Wildman–Crippen MR) is 205 cm³/mol. The summed E-state index contributed by atoms with van der Waals surface area (Å²) in [6.45, 7) is 14.6. The lowest BCUT2D eigenvalue weighted by Gasteiger charge is -2.37. The number of amides is 2. The molecule has 1 unspecified atom stereocenters. The quantitative estimate of drug-likeness (QED) is 0.167. The molecule has 3 atom stereocenters. The number of aryl methyl sites for hydroxylation is 1. The molecule has 2 saturated heterocycles. The van der Waals surface area contributed by atoms with E-state index in [2.05, 4.69) is 79.0 Å². The van der Waals surface area contributed by atoms with Crippen LogP contribution < -0.4 is 15.5 Å². The fourth-order valence-electron chi connectivity index (χ4n) is 7.79. The van der Waals surface area contributed by atoms with Crippen LogP contribution in [-0.2, 0) is 18.8 Å². The highest BCUT2D eigenvalue weighted by Gasteiger charge is 2.52. The Morgan fingerprint density at radius 2 is 1.80 bits per heavy atom. The van der Waals surface area contributed by atoms with Gasteiger partial charge < -0.3 is 38.4 Å². The number of nitrogens with one attached hydrogen (secondary N) is 2. The minimum atomic E-state index is -0.706. The Morgan fingerprint density at radius 3 is 2.50 bits per heavy atom. The average molecular weight is 734 g/mol. The van der Waals surface area contributed by atoms with Gasteiger partial charge in [0.15, 0.2) is 5.76 Å². The number of aromatic amines is 1. The van der Waals surface area contributed by atoms with Crippen molar-refractivity contribution in [1.29, 1.82) is 0 Å². The van der Waals surface area contributed by atoms with E-state index >= 15 is 0 Å². The first-order chi connectivity index (χ1) is 25.7. The molecule has 0 radical (unpaired) electrons. The summed E-state index contributed by atoms with van der Waals surface area (Å²) in [4.78, 5) is 36.1. The van der Waals surface area contributed by atoms with Crippen molar-refractivity contribution in [3.63, 3.8) is 0 Å². The Labute approximate surface area is 315 Å². The summed E-state index contributed by atoms with van der Waals surface area (Å²) in [5.41, 5.74) is 4.74. The molecule has 3 aromatic heterocycles. The Morgan fingerprint density at radius 1 is 1.02 bits per heavy atom. The van der Waals surface area contributed by atoms with Crippen LogP contribution in [0.25, 0.3) is 33.4 Å². The van der Waals surface area contributed by atoms with Crippen molar-refractivity contribution >= 4 is 35.5 Å². The zero-order valence-electron chi connectivity index (χ0n) is 32.2. The van der Waals surface area contributed by atoms with Gasteiger partial charge in [-0.25, -0.2) is 9.78 Å². The molecule has 0 spiro atoms. The topological polar surface area (TPSA) is 133 Å². The molecule has 5 aromatic rings. The third-order valence-electron chi connectivity index (χ3n) is 11.5. The third-order valence-corrected chi connectivity index (χ3v) is 11.5. The van der Waals surface area contributed by atoms with E-state index in [0.29, 0.717) is 23.9 Å². The molecule has 6 heterocycles. The van der Waals surface area contributed by atoms with E-state index in [1.807, 2.05) is 50.1 Å². The molecule has 3 aliphatic heterocycles. The molecule has 54 heavy (non-hydrogen) atoms. The number of methoxy groups -OCH3 is 1. The van der Waals surface area contributed by atoms with Crippen molar-refractivity contribution in [1.82, 2.24) is 24.8 Å². The van der Waals surface area contributed by atoms with Gasteiger partial charge in [0.05, 0.1) is 47.5 Å². The molecule has 2 N–H and O–H groups in total. The van der Waals surface area contributed by atoms with Crippen LogP contribution in [0.3, 0.4) is 0 Å². The fourth-order valence-corrected chi connectivity index (χ4v) is 7.79. The average Bonchev–Trinajstić information content (AvgIpc) is 3.94. The maximum Gasteiger partial charge on any atom is 0.494 e. The number of rotatable bonds is 7. The summed E-state index contributed by atoms with van der Waals surface area (Å²) in [6, 6.07) is 17.6. The van der Waals surface area contributed by atoms with Crippen LogP contribution >= 0.6 is 0 Å². The maximum atomic E-state index is 13.8. The van der Waals surface area contributed by atoms with Crippen molar-refractivity contribution in [3.05, 3.63) is 78.1 Å². The van der Waals surface area contributed by atoms with E-state index in [1.54, 1.807) is 0 Å². The van der Waals surface area contributed by atoms with E-state index < -0.39 is 36.7 Å². The number of carbonyl (C=O) groups excluding carboxylic acids is 2. The second-order valence-electron chi connectivity index (χ2n) is 16.0. The van der Waals surface area contributed by atoms with E-state index in [0.717, 1.165) is 63.9 Å². The molecule has 13 heteroatoms. The molecule has 3 aliphatic rings. The van der Waals surface area contributed by atoms with Gasteiger partial charge in [0.2, 0.25) is 12.1 Å². The van der Waals surface area contributed by atoms with Crippen LogP contribution in [-0.4, -0.2) is 69.5 Å². The minimum Gasteiger partial charge on any atom is -0.462 e. The van der Waals surface area contributed by atoms with Crippen LogP contribution in [0.2, 0.25) is 0 Å². The van der Waals surface area contributed by atoms with E-state index in [4.69, 9.17) is 28.2 Å². The van der Waals surface area contributed by atoms with E-state index in [-0.39, 0.29) is 17.9 Å². The number of H-pyrrole nitrogens is 1. The highest BCUT2D eigenvalue weighted by molar-refractivity contribution is 6.62. The number of hydrogen-bond donors (Lipinski definition) is 2. The number of hydrogen-bond acceptors (Lipinski definition) is 8. The van der Waals surface area contributed by atoms with E-state index in [9.17, 15) is 9.59 Å². The predicted octanol–water partition coefficient (Wildman–Crippen LogP) is 7.27. The monoisotopic (exact) mass is 733 g/mol. The Bertz CT molecular complexity index is 2220. The summed E-state index contributed by atoms with van der Waals surface area (Å²) in [7, 11) is 0.825. The van der Waals surface area contributed by atoms with Gasteiger partial charge in [-0.05, 0) is 102 Å². The highest BCUT2D eigenvalue weighted by atomic mass is 16.7. The van der Waals surface area contributed by atoms with E-state index in [1.165, 1.54) is 7.11 Å². The number of carbonyl (C=O) groups is 2. The first-order valence-electron chi connectivity index (χ1n) is 18.8. The molecule has 2 amide bonds. The lowest BCUT2D eigenvalue weighted by molar-refractivity contribution is -0.138. The molecule has 2 aromatic carbocycles. The number of fused-ring (bicyclic) bond motifs is 5. The van der Waals surface area contributed by atoms with Gasteiger partial charge in [-0.3, -0.25) is 9.36 Å². The van der Waals surface area contributed by atoms with Crippen LogP contribution in [0.1, 0.15) is 90.4 Å². The van der Waals surface area contributed by atoms with Crippen LogP contribution in [0.4, 0.5) is 4.79 Å². The first kappa shape index (κ1) is 36.0. The lowest BCUT2D eigenvalue weighted by Crippen LogP contribution is -2.53. The van der Waals surface area contributed by atoms with Gasteiger partial charge in [-0.2, -0.15) is 0 Å². The smallest absolute Gasteiger partial charge is 0.462 e. The third kappa shape index (κ3) is 6.16. The molecule has 12 nitrogen and oxygen atoms in total. The number of nitrogens with zero attached hydrogens (tertiary/aromatic N) is 3. The summed E-state index contributed by atoms with van der Waals surface area (Å²) >= 11 is 0. The number of imidazole rings is 1. The van der Waals surface area contributed by atoms with Crippen molar-refractivity contribution in [2.75, 3.05) is 13.7 Å². The molecule has 0 aliphatic carbocycles. The highest BCUT2D eigenvalue weighted by Crippen LogP contribution is 2.46. The van der Waals surface area contributed by atoms with Gasteiger partial charge in [0.25, 0.3) is 0 Å². The maximum absolute atomic E-state index is 13.8. The SMILES string of the molecule is COC(=O)N[C@H](C(=O)N1CCCC[C@H]1c1ncc(-c2ccc3c(c2)OC(c2ccc(C)o2)n2c-3cc3cc(B4OC(C)(C)C(C)(C)O4)ccc32)[nH]1)C(C)C. The van der Waals surface area contributed by atoms with Crippen LogP contribution in [0.5, 0.6) is 5.75 Å². The van der Waals surface area contributed by atoms with Crippen LogP contribution in [0.15, 0.2) is 65.2 Å². The second-order valence-corrected chi connectivity index (χ2v) is 16.0. The summed E-state index contributed by atoms with van der Waals surface area (Å²) in [5, 5.41) is 3.77. The van der Waals surface area contributed by atoms with Crippen LogP contribution in [0, 0.1) is 12.8 Å². The number of alkyl carbamates (subject to hydrolysis) is 1. The molecule has 2 fully saturated rings. The van der Waals surface area contributed by atoms with Gasteiger partial charge >= 0.3 is 13.2 Å². The van der Waals surface area contributed by atoms with Crippen molar-refractivity contribution in [3.8, 4) is 28.3 Å².